The number of halogens is 2. The molecule has 21 heavy (non-hydrogen) atoms. The Kier molecular flexibility index (Phi) is 4.91. The van der Waals surface area contributed by atoms with Crippen LogP contribution in [0.2, 0.25) is 0 Å². The van der Waals surface area contributed by atoms with Gasteiger partial charge in [0.25, 0.3) is 0 Å². The minimum atomic E-state index is -0.535. The Hall–Kier alpha value is -1.94. The third kappa shape index (κ3) is 3.22. The lowest BCUT2D eigenvalue weighted by Crippen LogP contribution is -2.22. The van der Waals surface area contributed by atoms with Crippen LogP contribution in [-0.4, -0.2) is 14.2 Å². The summed E-state index contributed by atoms with van der Waals surface area (Å²) in [5.74, 6) is -0.317. The summed E-state index contributed by atoms with van der Waals surface area (Å²) in [6.07, 6.45) is 0.442. The van der Waals surface area contributed by atoms with Gasteiger partial charge in [0, 0.05) is 11.6 Å². The van der Waals surface area contributed by atoms with Gasteiger partial charge in [-0.3, -0.25) is 0 Å². The molecule has 0 aliphatic rings. The number of hydrogen-bond donors (Lipinski definition) is 1. The van der Waals surface area contributed by atoms with Crippen molar-refractivity contribution in [3.05, 3.63) is 64.7 Å². The van der Waals surface area contributed by atoms with Gasteiger partial charge in [-0.05, 0) is 43.7 Å². The standard InChI is InChI=1S/C17H19F2NO/c1-11-8-9-13(18)16(17(11)19)14(20-2)10-12-6-4-5-7-15(12)21-3/h4-9,14,20H,10H2,1-3H3. The van der Waals surface area contributed by atoms with Crippen LogP contribution in [0.15, 0.2) is 36.4 Å². The monoisotopic (exact) mass is 291 g/mol. The van der Waals surface area contributed by atoms with Gasteiger partial charge in [0.2, 0.25) is 0 Å². The summed E-state index contributed by atoms with van der Waals surface area (Å²) in [6.45, 7) is 1.63. The Bertz CT molecular complexity index is 628. The number of methoxy groups -OCH3 is 1. The highest BCUT2D eigenvalue weighted by molar-refractivity contribution is 5.36. The summed E-state index contributed by atoms with van der Waals surface area (Å²) in [5, 5.41) is 2.99. The lowest BCUT2D eigenvalue weighted by Gasteiger charge is -2.20. The molecular weight excluding hydrogens is 272 g/mol. The van der Waals surface area contributed by atoms with Gasteiger partial charge in [-0.25, -0.2) is 8.78 Å². The predicted molar refractivity (Wildman–Crippen MR) is 79.6 cm³/mol. The van der Waals surface area contributed by atoms with E-state index < -0.39 is 17.7 Å². The highest BCUT2D eigenvalue weighted by Crippen LogP contribution is 2.29. The molecular formula is C17H19F2NO. The maximum atomic E-state index is 14.3. The predicted octanol–water partition coefficient (Wildman–Crippen LogP) is 3.79. The molecule has 0 fully saturated rings. The Morgan fingerprint density at radius 2 is 1.86 bits per heavy atom. The number of para-hydroxylation sites is 1. The second-order valence-electron chi connectivity index (χ2n) is 4.95. The molecule has 2 aromatic carbocycles. The molecule has 1 atom stereocenters. The van der Waals surface area contributed by atoms with Gasteiger partial charge in [-0.1, -0.05) is 24.3 Å². The van der Waals surface area contributed by atoms with Crippen molar-refractivity contribution in [2.75, 3.05) is 14.2 Å². The third-order valence-electron chi connectivity index (χ3n) is 3.63. The zero-order valence-corrected chi connectivity index (χ0v) is 12.4. The largest absolute Gasteiger partial charge is 0.496 e. The molecule has 1 N–H and O–H groups in total. The Balaban J connectivity index is 2.39. The maximum absolute atomic E-state index is 14.3. The van der Waals surface area contributed by atoms with Crippen molar-refractivity contribution in [3.63, 3.8) is 0 Å². The zero-order valence-electron chi connectivity index (χ0n) is 12.4. The summed E-state index contributed by atoms with van der Waals surface area (Å²) in [5.41, 5.74) is 1.41. The topological polar surface area (TPSA) is 21.3 Å². The lowest BCUT2D eigenvalue weighted by molar-refractivity contribution is 0.404. The van der Waals surface area contributed by atoms with E-state index in [0.717, 1.165) is 5.56 Å². The number of hydrogen-bond acceptors (Lipinski definition) is 2. The quantitative estimate of drug-likeness (QED) is 0.905. The van der Waals surface area contributed by atoms with Gasteiger partial charge < -0.3 is 10.1 Å². The van der Waals surface area contributed by atoms with Crippen LogP contribution in [0.3, 0.4) is 0 Å². The molecule has 0 bridgehead atoms. The lowest BCUT2D eigenvalue weighted by atomic mass is 9.96. The number of rotatable bonds is 5. The van der Waals surface area contributed by atoms with Crippen molar-refractivity contribution in [2.45, 2.75) is 19.4 Å². The Labute approximate surface area is 123 Å². The SMILES string of the molecule is CNC(Cc1ccccc1OC)c1c(F)ccc(C)c1F. The fraction of sp³-hybridized carbons (Fsp3) is 0.294. The Morgan fingerprint density at radius 1 is 1.14 bits per heavy atom. The van der Waals surface area contributed by atoms with Gasteiger partial charge in [0.1, 0.15) is 17.4 Å². The van der Waals surface area contributed by atoms with E-state index in [-0.39, 0.29) is 5.56 Å². The molecule has 0 radical (unpaired) electrons. The molecule has 2 nitrogen and oxygen atoms in total. The molecule has 112 valence electrons. The van der Waals surface area contributed by atoms with Gasteiger partial charge in [-0.15, -0.1) is 0 Å². The van der Waals surface area contributed by atoms with E-state index in [1.165, 1.54) is 12.1 Å². The molecule has 0 aromatic heterocycles. The first-order valence-corrected chi connectivity index (χ1v) is 6.82. The van der Waals surface area contributed by atoms with Crippen LogP contribution in [-0.2, 0) is 6.42 Å². The van der Waals surface area contributed by atoms with Crippen LogP contribution < -0.4 is 10.1 Å². The molecule has 0 aliphatic carbocycles. The smallest absolute Gasteiger partial charge is 0.133 e. The van der Waals surface area contributed by atoms with Crippen molar-refractivity contribution < 1.29 is 13.5 Å². The van der Waals surface area contributed by atoms with Crippen LogP contribution in [0.5, 0.6) is 5.75 Å². The second-order valence-corrected chi connectivity index (χ2v) is 4.95. The minimum absolute atomic E-state index is 0.0726. The van der Waals surface area contributed by atoms with Gasteiger partial charge in [-0.2, -0.15) is 0 Å². The highest BCUT2D eigenvalue weighted by atomic mass is 19.1. The minimum Gasteiger partial charge on any atom is -0.496 e. The van der Waals surface area contributed by atoms with Crippen LogP contribution in [0.1, 0.15) is 22.7 Å². The summed E-state index contributed by atoms with van der Waals surface area (Å²) in [4.78, 5) is 0. The third-order valence-corrected chi connectivity index (χ3v) is 3.63. The number of ether oxygens (including phenoxy) is 1. The molecule has 0 spiro atoms. The molecule has 2 aromatic rings. The first-order valence-electron chi connectivity index (χ1n) is 6.82. The van der Waals surface area contributed by atoms with E-state index in [9.17, 15) is 8.78 Å². The summed E-state index contributed by atoms with van der Waals surface area (Å²) >= 11 is 0. The zero-order chi connectivity index (χ0) is 15.4. The fourth-order valence-corrected chi connectivity index (χ4v) is 2.44. The van der Waals surface area contributed by atoms with E-state index in [2.05, 4.69) is 5.32 Å². The summed E-state index contributed by atoms with van der Waals surface area (Å²) in [7, 11) is 3.28. The molecule has 0 amide bonds. The van der Waals surface area contributed by atoms with E-state index in [1.807, 2.05) is 24.3 Å². The van der Waals surface area contributed by atoms with Gasteiger partial charge in [0.05, 0.1) is 7.11 Å². The molecule has 0 saturated carbocycles. The van der Waals surface area contributed by atoms with Crippen LogP contribution >= 0.6 is 0 Å². The molecule has 4 heteroatoms. The van der Waals surface area contributed by atoms with Gasteiger partial charge >= 0.3 is 0 Å². The first kappa shape index (κ1) is 15.4. The molecule has 0 aliphatic heterocycles. The number of nitrogens with one attached hydrogen (secondary N) is 1. The van der Waals surface area contributed by atoms with Crippen LogP contribution in [0.25, 0.3) is 0 Å². The van der Waals surface area contributed by atoms with Crippen LogP contribution in [0, 0.1) is 18.6 Å². The summed E-state index contributed by atoms with van der Waals surface area (Å²) in [6, 6.07) is 9.78. The van der Waals surface area contributed by atoms with Crippen molar-refractivity contribution in [2.24, 2.45) is 0 Å². The van der Waals surface area contributed by atoms with E-state index in [1.54, 1.807) is 21.1 Å². The first-order chi connectivity index (χ1) is 10.1. The van der Waals surface area contributed by atoms with E-state index in [0.29, 0.717) is 17.7 Å². The normalized spacial score (nSPS) is 12.2. The van der Waals surface area contributed by atoms with E-state index in [4.69, 9.17) is 4.74 Å². The highest BCUT2D eigenvalue weighted by Gasteiger charge is 2.21. The van der Waals surface area contributed by atoms with Crippen molar-refractivity contribution in [1.29, 1.82) is 0 Å². The molecule has 0 heterocycles. The van der Waals surface area contributed by atoms with Crippen molar-refractivity contribution in [3.8, 4) is 5.75 Å². The second kappa shape index (κ2) is 6.68. The maximum Gasteiger partial charge on any atom is 0.133 e. The molecule has 2 rings (SSSR count). The number of benzene rings is 2. The Morgan fingerprint density at radius 3 is 2.52 bits per heavy atom. The number of likely N-dealkylation sites (N-methyl/N-ethyl adjacent to an activating group) is 1. The molecule has 1 unspecified atom stereocenters. The van der Waals surface area contributed by atoms with Crippen molar-refractivity contribution >= 4 is 0 Å². The van der Waals surface area contributed by atoms with Crippen LogP contribution in [0.4, 0.5) is 8.78 Å². The van der Waals surface area contributed by atoms with Crippen molar-refractivity contribution in [1.82, 2.24) is 5.32 Å². The van der Waals surface area contributed by atoms with E-state index >= 15 is 0 Å². The average Bonchev–Trinajstić information content (AvgIpc) is 2.50. The average molecular weight is 291 g/mol. The number of aryl methyl sites for hydroxylation is 1. The fourth-order valence-electron chi connectivity index (χ4n) is 2.44. The van der Waals surface area contributed by atoms with Gasteiger partial charge in [0.15, 0.2) is 0 Å². The molecule has 0 saturated heterocycles. The summed E-state index contributed by atoms with van der Waals surface area (Å²) < 4.78 is 33.6.